The third-order valence-corrected chi connectivity index (χ3v) is 2.37. The van der Waals surface area contributed by atoms with Gasteiger partial charge in [0, 0.05) is 18.8 Å². The molecule has 1 aromatic carbocycles. The Morgan fingerprint density at radius 1 is 1.14 bits per heavy atom. The van der Waals surface area contributed by atoms with E-state index < -0.39 is 18.1 Å². The van der Waals surface area contributed by atoms with Crippen LogP contribution in [-0.4, -0.2) is 53.8 Å². The summed E-state index contributed by atoms with van der Waals surface area (Å²) in [6, 6.07) is 4.03. The first kappa shape index (κ1) is 17.1. The SMILES string of the molecule is O=C(Nc1ccc(OC(F)(F)F)cc1)N(CCO)CCO. The summed E-state index contributed by atoms with van der Waals surface area (Å²) in [5.74, 6) is -0.400. The van der Waals surface area contributed by atoms with E-state index in [2.05, 4.69) is 10.1 Å². The monoisotopic (exact) mass is 308 g/mol. The minimum Gasteiger partial charge on any atom is -0.406 e. The van der Waals surface area contributed by atoms with Crippen molar-refractivity contribution in [1.29, 1.82) is 0 Å². The van der Waals surface area contributed by atoms with Crippen molar-refractivity contribution >= 4 is 11.7 Å². The van der Waals surface area contributed by atoms with Gasteiger partial charge in [-0.05, 0) is 24.3 Å². The quantitative estimate of drug-likeness (QED) is 0.742. The smallest absolute Gasteiger partial charge is 0.406 e. The average molecular weight is 308 g/mol. The van der Waals surface area contributed by atoms with Gasteiger partial charge in [-0.1, -0.05) is 0 Å². The molecule has 21 heavy (non-hydrogen) atoms. The number of urea groups is 1. The number of benzene rings is 1. The lowest BCUT2D eigenvalue weighted by atomic mass is 10.3. The molecule has 3 N–H and O–H groups in total. The molecule has 1 aromatic rings. The van der Waals surface area contributed by atoms with E-state index in [9.17, 15) is 18.0 Å². The lowest BCUT2D eigenvalue weighted by molar-refractivity contribution is -0.274. The Morgan fingerprint density at radius 3 is 2.10 bits per heavy atom. The van der Waals surface area contributed by atoms with Gasteiger partial charge in [-0.25, -0.2) is 4.79 Å². The van der Waals surface area contributed by atoms with Crippen LogP contribution in [0.1, 0.15) is 0 Å². The zero-order chi connectivity index (χ0) is 15.9. The molecular weight excluding hydrogens is 293 g/mol. The van der Waals surface area contributed by atoms with Crippen LogP contribution in [0.3, 0.4) is 0 Å². The predicted molar refractivity (Wildman–Crippen MR) is 67.9 cm³/mol. The molecule has 0 atom stereocenters. The lowest BCUT2D eigenvalue weighted by Gasteiger charge is -2.21. The van der Waals surface area contributed by atoms with E-state index in [0.29, 0.717) is 0 Å². The maximum absolute atomic E-state index is 12.0. The van der Waals surface area contributed by atoms with Gasteiger partial charge >= 0.3 is 12.4 Å². The number of nitrogens with one attached hydrogen (secondary N) is 1. The van der Waals surface area contributed by atoms with Gasteiger partial charge in [-0.2, -0.15) is 0 Å². The molecular formula is C12H15F3N2O4. The number of amides is 2. The second-order valence-corrected chi connectivity index (χ2v) is 3.94. The molecule has 0 unspecified atom stereocenters. The first-order valence-corrected chi connectivity index (χ1v) is 5.99. The first-order valence-electron chi connectivity index (χ1n) is 5.99. The molecule has 9 heteroatoms. The van der Waals surface area contributed by atoms with Crippen molar-refractivity contribution in [2.45, 2.75) is 6.36 Å². The molecule has 0 aromatic heterocycles. The normalized spacial score (nSPS) is 11.1. The fraction of sp³-hybridized carbons (Fsp3) is 0.417. The highest BCUT2D eigenvalue weighted by atomic mass is 19.4. The summed E-state index contributed by atoms with van der Waals surface area (Å²) in [5, 5.41) is 20.0. The zero-order valence-corrected chi connectivity index (χ0v) is 10.9. The van der Waals surface area contributed by atoms with Crippen LogP contribution in [0.25, 0.3) is 0 Å². The number of rotatable bonds is 6. The maximum atomic E-state index is 12.0. The Hall–Kier alpha value is -2.00. The van der Waals surface area contributed by atoms with E-state index in [1.54, 1.807) is 0 Å². The molecule has 0 aliphatic carbocycles. The highest BCUT2D eigenvalue weighted by Gasteiger charge is 2.30. The summed E-state index contributed by atoms with van der Waals surface area (Å²) in [5.41, 5.74) is 0.260. The topological polar surface area (TPSA) is 82.0 Å². The molecule has 6 nitrogen and oxygen atoms in total. The van der Waals surface area contributed by atoms with Crippen LogP contribution in [-0.2, 0) is 0 Å². The van der Waals surface area contributed by atoms with Crippen molar-refractivity contribution in [3.05, 3.63) is 24.3 Å². The van der Waals surface area contributed by atoms with Gasteiger partial charge in [0.25, 0.3) is 0 Å². The third kappa shape index (κ3) is 6.32. The van der Waals surface area contributed by atoms with Crippen LogP contribution in [0, 0.1) is 0 Å². The number of alkyl halides is 3. The molecule has 0 heterocycles. The van der Waals surface area contributed by atoms with E-state index in [1.165, 1.54) is 17.0 Å². The number of carbonyl (C=O) groups is 1. The fourth-order valence-corrected chi connectivity index (χ4v) is 1.50. The van der Waals surface area contributed by atoms with E-state index in [-0.39, 0.29) is 32.0 Å². The van der Waals surface area contributed by atoms with Gasteiger partial charge in [-0.3, -0.25) is 0 Å². The fourth-order valence-electron chi connectivity index (χ4n) is 1.50. The van der Waals surface area contributed by atoms with Gasteiger partial charge in [0.1, 0.15) is 5.75 Å². The standard InChI is InChI=1S/C12H15F3N2O4/c13-12(14,15)21-10-3-1-9(2-4-10)16-11(20)17(5-7-18)6-8-19/h1-4,18-19H,5-8H2,(H,16,20). The highest BCUT2D eigenvalue weighted by molar-refractivity contribution is 5.89. The summed E-state index contributed by atoms with van der Waals surface area (Å²) in [4.78, 5) is 13.0. The Morgan fingerprint density at radius 2 is 1.67 bits per heavy atom. The van der Waals surface area contributed by atoms with E-state index >= 15 is 0 Å². The molecule has 1 rings (SSSR count). The summed E-state index contributed by atoms with van der Waals surface area (Å²) < 4.78 is 39.6. The molecule has 0 bridgehead atoms. The van der Waals surface area contributed by atoms with Crippen LogP contribution in [0.15, 0.2) is 24.3 Å². The molecule has 2 amide bonds. The Kier molecular flexibility index (Phi) is 6.25. The van der Waals surface area contributed by atoms with Gasteiger partial charge in [-0.15, -0.1) is 13.2 Å². The number of aliphatic hydroxyl groups excluding tert-OH is 2. The summed E-state index contributed by atoms with van der Waals surface area (Å²) in [7, 11) is 0. The molecule has 0 radical (unpaired) electrons. The number of halogens is 3. The molecule has 0 aliphatic heterocycles. The van der Waals surface area contributed by atoms with Gasteiger partial charge in [0.15, 0.2) is 0 Å². The van der Waals surface area contributed by atoms with E-state index in [4.69, 9.17) is 10.2 Å². The summed E-state index contributed by atoms with van der Waals surface area (Å²) in [6.45, 7) is -0.485. The first-order chi connectivity index (χ1) is 9.85. The van der Waals surface area contributed by atoms with Gasteiger partial charge in [0.2, 0.25) is 0 Å². The Balaban J connectivity index is 2.63. The van der Waals surface area contributed by atoms with Crippen molar-refractivity contribution in [3.63, 3.8) is 0 Å². The van der Waals surface area contributed by atoms with E-state index in [0.717, 1.165) is 12.1 Å². The number of carbonyl (C=O) groups excluding carboxylic acids is 1. The van der Waals surface area contributed by atoms with Crippen molar-refractivity contribution < 1.29 is 32.9 Å². The largest absolute Gasteiger partial charge is 0.573 e. The van der Waals surface area contributed by atoms with Crippen LogP contribution in [0.4, 0.5) is 23.7 Å². The van der Waals surface area contributed by atoms with Crippen LogP contribution in [0.2, 0.25) is 0 Å². The third-order valence-electron chi connectivity index (χ3n) is 2.37. The second kappa shape index (κ2) is 7.70. The molecule has 0 fully saturated rings. The predicted octanol–water partition coefficient (Wildman–Crippen LogP) is 1.40. The number of anilines is 1. The number of hydrogen-bond donors (Lipinski definition) is 3. The Bertz CT molecular complexity index is 445. The molecule has 0 spiro atoms. The van der Waals surface area contributed by atoms with Crippen LogP contribution < -0.4 is 10.1 Å². The number of hydrogen-bond acceptors (Lipinski definition) is 4. The number of aliphatic hydroxyl groups is 2. The zero-order valence-electron chi connectivity index (χ0n) is 10.9. The number of ether oxygens (including phenoxy) is 1. The molecule has 118 valence electrons. The Labute approximate surface area is 118 Å². The molecule has 0 saturated carbocycles. The molecule has 0 aliphatic rings. The maximum Gasteiger partial charge on any atom is 0.573 e. The average Bonchev–Trinajstić information content (AvgIpc) is 2.39. The van der Waals surface area contributed by atoms with Crippen molar-refractivity contribution in [3.8, 4) is 5.75 Å². The highest BCUT2D eigenvalue weighted by Crippen LogP contribution is 2.23. The van der Waals surface area contributed by atoms with Gasteiger partial charge < -0.3 is 25.2 Å². The van der Waals surface area contributed by atoms with Crippen molar-refractivity contribution in [2.24, 2.45) is 0 Å². The van der Waals surface area contributed by atoms with Crippen molar-refractivity contribution in [1.82, 2.24) is 4.90 Å². The lowest BCUT2D eigenvalue weighted by Crippen LogP contribution is -2.38. The van der Waals surface area contributed by atoms with Crippen LogP contribution in [0.5, 0.6) is 5.75 Å². The van der Waals surface area contributed by atoms with E-state index in [1.807, 2.05) is 0 Å². The minimum atomic E-state index is -4.77. The van der Waals surface area contributed by atoms with Crippen molar-refractivity contribution in [2.75, 3.05) is 31.6 Å². The molecule has 0 saturated heterocycles. The van der Waals surface area contributed by atoms with Crippen LogP contribution >= 0.6 is 0 Å². The van der Waals surface area contributed by atoms with Gasteiger partial charge in [0.05, 0.1) is 13.2 Å². The summed E-state index contributed by atoms with van der Waals surface area (Å²) >= 11 is 0. The number of nitrogens with zero attached hydrogens (tertiary/aromatic N) is 1. The minimum absolute atomic E-state index is 0.0294. The summed E-state index contributed by atoms with van der Waals surface area (Å²) in [6.07, 6.45) is -4.77. The second-order valence-electron chi connectivity index (χ2n) is 3.94.